The number of aromatic nitrogens is 1. The number of aliphatic carboxylic acids is 1. The minimum atomic E-state index is -1.05. The Morgan fingerprint density at radius 2 is 1.97 bits per heavy atom. The molecule has 4 rings (SSSR count). The Bertz CT molecular complexity index is 1340. The zero-order chi connectivity index (χ0) is 23.4. The van der Waals surface area contributed by atoms with Gasteiger partial charge in [-0.25, -0.2) is 0 Å². The van der Waals surface area contributed by atoms with Crippen molar-refractivity contribution in [2.75, 3.05) is 10.6 Å². The lowest BCUT2D eigenvalue weighted by molar-refractivity contribution is -0.138. The number of carbonyl (C=O) groups is 3. The van der Waals surface area contributed by atoms with Crippen molar-refractivity contribution in [1.29, 1.82) is 0 Å². The molecule has 3 aromatic rings. The summed E-state index contributed by atoms with van der Waals surface area (Å²) in [6.07, 6.45) is 3.09. The van der Waals surface area contributed by atoms with E-state index in [1.165, 1.54) is 11.8 Å². The van der Waals surface area contributed by atoms with Gasteiger partial charge < -0.3 is 15.7 Å². The molecule has 33 heavy (non-hydrogen) atoms. The third-order valence-electron chi connectivity index (χ3n) is 4.60. The van der Waals surface area contributed by atoms with E-state index in [-0.39, 0.29) is 18.7 Å². The first-order valence-electron chi connectivity index (χ1n) is 9.83. The predicted molar refractivity (Wildman–Crippen MR) is 130 cm³/mol. The molecule has 1 aliphatic heterocycles. The van der Waals surface area contributed by atoms with Crippen LogP contribution in [0.5, 0.6) is 0 Å². The molecule has 0 saturated carbocycles. The molecule has 166 valence electrons. The number of amidine groups is 1. The van der Waals surface area contributed by atoms with Crippen molar-refractivity contribution in [1.82, 2.24) is 4.98 Å². The predicted octanol–water partition coefficient (Wildman–Crippen LogP) is 4.77. The molecule has 8 nitrogen and oxygen atoms in total. The molecule has 0 atom stereocenters. The van der Waals surface area contributed by atoms with Crippen molar-refractivity contribution in [3.05, 3.63) is 70.2 Å². The summed E-state index contributed by atoms with van der Waals surface area (Å²) in [5, 5.41) is 16.0. The number of aliphatic imine (C=N–C) groups is 1. The second kappa shape index (κ2) is 9.85. The average Bonchev–Trinajstić information content (AvgIpc) is 3.13. The number of rotatable bonds is 6. The fourth-order valence-corrected chi connectivity index (χ4v) is 4.05. The molecule has 1 aliphatic rings. The Balaban J connectivity index is 1.45. The van der Waals surface area contributed by atoms with Gasteiger partial charge in [0.05, 0.1) is 27.6 Å². The molecule has 2 heterocycles. The minimum absolute atomic E-state index is 0.142. The number of fused-ring (bicyclic) bond motifs is 1. The monoisotopic (exact) mass is 480 g/mol. The minimum Gasteiger partial charge on any atom is -0.481 e. The van der Waals surface area contributed by atoms with E-state index in [1.54, 1.807) is 30.5 Å². The standard InChI is InChI=1S/C23H17ClN4O4S/c24-16-5-4-15(26-20(29)7-8-21(30)31)12-18(16)27-23-28-22(32)19(33-23)11-13-3-6-17-14(10-13)2-1-9-25-17/h1-6,9-12H,7-8H2,(H,26,29)(H,30,31)(H,27,28,32). The summed E-state index contributed by atoms with van der Waals surface area (Å²) in [5.74, 6) is -1.85. The quantitative estimate of drug-likeness (QED) is 0.434. The number of pyridine rings is 1. The van der Waals surface area contributed by atoms with Gasteiger partial charge in [-0.15, -0.1) is 0 Å². The van der Waals surface area contributed by atoms with Crippen LogP contribution >= 0.6 is 23.4 Å². The SMILES string of the molecule is O=C(O)CCC(=O)Nc1ccc(Cl)c(NC2=NC(=O)C(=Cc3ccc4ncccc4c3)S2)c1. The number of nitrogens with zero attached hydrogens (tertiary/aromatic N) is 2. The van der Waals surface area contributed by atoms with Crippen LogP contribution in [0, 0.1) is 0 Å². The van der Waals surface area contributed by atoms with E-state index in [0.717, 1.165) is 16.5 Å². The normalized spacial score (nSPS) is 14.4. The molecule has 2 amide bonds. The summed E-state index contributed by atoms with van der Waals surface area (Å²) in [6.45, 7) is 0. The second-order valence-electron chi connectivity index (χ2n) is 7.05. The van der Waals surface area contributed by atoms with Gasteiger partial charge in [0.2, 0.25) is 5.91 Å². The van der Waals surface area contributed by atoms with Crippen LogP contribution in [0.2, 0.25) is 5.02 Å². The highest BCUT2D eigenvalue weighted by molar-refractivity contribution is 8.18. The Morgan fingerprint density at radius 1 is 1.12 bits per heavy atom. The molecule has 0 bridgehead atoms. The van der Waals surface area contributed by atoms with Gasteiger partial charge in [-0.2, -0.15) is 4.99 Å². The van der Waals surface area contributed by atoms with Gasteiger partial charge in [-0.1, -0.05) is 23.7 Å². The van der Waals surface area contributed by atoms with E-state index in [9.17, 15) is 14.4 Å². The van der Waals surface area contributed by atoms with E-state index in [1.807, 2.05) is 30.3 Å². The summed E-state index contributed by atoms with van der Waals surface area (Å²) < 4.78 is 0. The van der Waals surface area contributed by atoms with Crippen LogP contribution in [0.4, 0.5) is 11.4 Å². The molecule has 0 aliphatic carbocycles. The van der Waals surface area contributed by atoms with Gasteiger partial charge in [-0.3, -0.25) is 19.4 Å². The van der Waals surface area contributed by atoms with E-state index in [4.69, 9.17) is 16.7 Å². The van der Waals surface area contributed by atoms with Crippen LogP contribution < -0.4 is 10.6 Å². The van der Waals surface area contributed by atoms with Crippen LogP contribution in [0.1, 0.15) is 18.4 Å². The van der Waals surface area contributed by atoms with E-state index < -0.39 is 11.9 Å². The summed E-state index contributed by atoms with van der Waals surface area (Å²) in [4.78, 5) is 43.7. The van der Waals surface area contributed by atoms with E-state index >= 15 is 0 Å². The fraction of sp³-hybridized carbons (Fsp3) is 0.0870. The number of thioether (sulfide) groups is 1. The van der Waals surface area contributed by atoms with Gasteiger partial charge in [0.1, 0.15) is 0 Å². The van der Waals surface area contributed by atoms with E-state index in [0.29, 0.717) is 26.5 Å². The Hall–Kier alpha value is -3.69. The van der Waals surface area contributed by atoms with Gasteiger partial charge in [0.15, 0.2) is 5.17 Å². The number of carboxylic acid groups (broad SMARTS) is 1. The van der Waals surface area contributed by atoms with E-state index in [2.05, 4.69) is 20.6 Å². The van der Waals surface area contributed by atoms with Crippen LogP contribution in [-0.2, 0) is 14.4 Å². The van der Waals surface area contributed by atoms with Crippen molar-refractivity contribution in [2.24, 2.45) is 4.99 Å². The summed E-state index contributed by atoms with van der Waals surface area (Å²) in [6, 6.07) is 14.3. The lowest BCUT2D eigenvalue weighted by Gasteiger charge is -2.10. The number of anilines is 2. The Kier molecular flexibility index (Phi) is 6.71. The summed E-state index contributed by atoms with van der Waals surface area (Å²) in [5.41, 5.74) is 2.61. The topological polar surface area (TPSA) is 121 Å². The number of hydrogen-bond acceptors (Lipinski definition) is 6. The molecule has 0 fully saturated rings. The van der Waals surface area contributed by atoms with Crippen molar-refractivity contribution in [3.63, 3.8) is 0 Å². The zero-order valence-corrected chi connectivity index (χ0v) is 18.6. The lowest BCUT2D eigenvalue weighted by Crippen LogP contribution is -2.13. The highest BCUT2D eigenvalue weighted by Crippen LogP contribution is 2.32. The molecule has 0 radical (unpaired) electrons. The molecule has 10 heteroatoms. The molecule has 2 aromatic carbocycles. The molecule has 1 aromatic heterocycles. The van der Waals surface area contributed by atoms with Gasteiger partial charge in [-0.05, 0) is 59.8 Å². The number of carbonyl (C=O) groups excluding carboxylic acids is 2. The number of carboxylic acids is 1. The van der Waals surface area contributed by atoms with Crippen LogP contribution in [0.3, 0.4) is 0 Å². The van der Waals surface area contributed by atoms with Crippen LogP contribution in [0.25, 0.3) is 17.0 Å². The molecule has 3 N–H and O–H groups in total. The van der Waals surface area contributed by atoms with Gasteiger partial charge in [0.25, 0.3) is 5.91 Å². The first-order valence-corrected chi connectivity index (χ1v) is 11.0. The maximum Gasteiger partial charge on any atom is 0.303 e. The Labute approximate surface area is 197 Å². The maximum absolute atomic E-state index is 12.4. The number of halogens is 1. The first kappa shape index (κ1) is 22.5. The number of amides is 2. The highest BCUT2D eigenvalue weighted by Gasteiger charge is 2.22. The third kappa shape index (κ3) is 5.76. The van der Waals surface area contributed by atoms with Crippen LogP contribution in [0.15, 0.2) is 64.6 Å². The molecular formula is C23H17ClN4O4S. The fourth-order valence-electron chi connectivity index (χ4n) is 3.06. The Morgan fingerprint density at radius 3 is 2.79 bits per heavy atom. The van der Waals surface area contributed by atoms with Gasteiger partial charge >= 0.3 is 5.97 Å². The lowest BCUT2D eigenvalue weighted by atomic mass is 10.1. The smallest absolute Gasteiger partial charge is 0.303 e. The molecule has 0 saturated heterocycles. The molecule has 0 spiro atoms. The summed E-state index contributed by atoms with van der Waals surface area (Å²) in [7, 11) is 0. The maximum atomic E-state index is 12.4. The number of hydrogen-bond donors (Lipinski definition) is 3. The van der Waals surface area contributed by atoms with Crippen LogP contribution in [-0.4, -0.2) is 33.0 Å². The van der Waals surface area contributed by atoms with Crippen molar-refractivity contribution in [2.45, 2.75) is 12.8 Å². The number of nitrogens with one attached hydrogen (secondary N) is 2. The zero-order valence-electron chi connectivity index (χ0n) is 17.0. The van der Waals surface area contributed by atoms with Crippen molar-refractivity contribution >= 4 is 74.7 Å². The number of benzene rings is 2. The second-order valence-corrected chi connectivity index (χ2v) is 8.49. The molecule has 0 unspecified atom stereocenters. The largest absolute Gasteiger partial charge is 0.481 e. The van der Waals surface area contributed by atoms with Crippen molar-refractivity contribution in [3.8, 4) is 0 Å². The average molecular weight is 481 g/mol. The van der Waals surface area contributed by atoms with Crippen molar-refractivity contribution < 1.29 is 19.5 Å². The van der Waals surface area contributed by atoms with Gasteiger partial charge in [0, 0.05) is 23.7 Å². The first-order chi connectivity index (χ1) is 15.9. The molecular weight excluding hydrogens is 464 g/mol. The highest BCUT2D eigenvalue weighted by atomic mass is 35.5. The summed E-state index contributed by atoms with van der Waals surface area (Å²) >= 11 is 7.43. The third-order valence-corrected chi connectivity index (χ3v) is 5.83.